The molecule has 1 spiro atoms. The molecule has 2 unspecified atom stereocenters. The quantitative estimate of drug-likeness (QED) is 0.776. The highest BCUT2D eigenvalue weighted by Crippen LogP contribution is 2.57. The lowest BCUT2D eigenvalue weighted by Crippen LogP contribution is -2.42. The normalized spacial score (nSPS) is 31.0. The summed E-state index contributed by atoms with van der Waals surface area (Å²) in [4.78, 5) is 2.67. The summed E-state index contributed by atoms with van der Waals surface area (Å²) in [5.41, 5.74) is 3.39. The average Bonchev–Trinajstić information content (AvgIpc) is 3.08. The number of piperidine rings is 1. The van der Waals surface area contributed by atoms with E-state index >= 15 is 0 Å². The maximum absolute atomic E-state index is 9.33. The molecule has 1 aromatic carbocycles. The minimum atomic E-state index is 0.310. The summed E-state index contributed by atoms with van der Waals surface area (Å²) >= 11 is 3.58. The molecule has 104 valence electrons. The first-order valence-electron chi connectivity index (χ1n) is 7.64. The Hall–Kier alpha value is -0.850. The van der Waals surface area contributed by atoms with Crippen LogP contribution in [0, 0.1) is 22.7 Å². The highest BCUT2D eigenvalue weighted by atomic mass is 79.9. The third-order valence-electron chi connectivity index (χ3n) is 5.60. The predicted molar refractivity (Wildman–Crippen MR) is 82.2 cm³/mol. The largest absolute Gasteiger partial charge is 0.296 e. The number of nitrogens with zero attached hydrogens (tertiary/aromatic N) is 2. The summed E-state index contributed by atoms with van der Waals surface area (Å²) < 4.78 is 1.19. The number of hydrogen-bond acceptors (Lipinski definition) is 2. The second-order valence-electron chi connectivity index (χ2n) is 6.70. The molecule has 2 aliphatic carbocycles. The van der Waals surface area contributed by atoms with Gasteiger partial charge < -0.3 is 0 Å². The van der Waals surface area contributed by atoms with E-state index in [-0.39, 0.29) is 0 Å². The minimum absolute atomic E-state index is 0.310. The van der Waals surface area contributed by atoms with Crippen LogP contribution in [0.2, 0.25) is 0 Å². The van der Waals surface area contributed by atoms with Crippen LogP contribution in [-0.2, 0) is 6.42 Å². The molecular weight excluding hydrogens is 312 g/mol. The summed E-state index contributed by atoms with van der Waals surface area (Å²) in [7, 11) is 0. The number of halogens is 1. The average molecular weight is 331 g/mol. The second kappa shape index (κ2) is 4.58. The van der Waals surface area contributed by atoms with E-state index in [9.17, 15) is 5.26 Å². The van der Waals surface area contributed by atoms with Crippen LogP contribution in [0.1, 0.15) is 42.9 Å². The van der Waals surface area contributed by atoms with Crippen LogP contribution in [0.3, 0.4) is 0 Å². The van der Waals surface area contributed by atoms with Gasteiger partial charge in [-0.25, -0.2) is 0 Å². The molecular formula is C17H19BrN2. The topological polar surface area (TPSA) is 27.0 Å². The molecule has 0 N–H and O–H groups in total. The number of hydrogen-bond donors (Lipinski definition) is 0. The lowest BCUT2D eigenvalue weighted by atomic mass is 9.82. The van der Waals surface area contributed by atoms with Crippen LogP contribution < -0.4 is 0 Å². The Bertz CT molecular complexity index is 585. The number of likely N-dealkylation sites (tertiary alicyclic amines) is 1. The van der Waals surface area contributed by atoms with Crippen molar-refractivity contribution in [2.75, 3.05) is 13.1 Å². The van der Waals surface area contributed by atoms with E-state index in [4.69, 9.17) is 0 Å². The lowest BCUT2D eigenvalue weighted by Gasteiger charge is -2.40. The Morgan fingerprint density at radius 2 is 2.15 bits per heavy atom. The van der Waals surface area contributed by atoms with E-state index < -0.39 is 0 Å². The van der Waals surface area contributed by atoms with Gasteiger partial charge >= 0.3 is 0 Å². The summed E-state index contributed by atoms with van der Waals surface area (Å²) in [6.45, 7) is 2.24. The Morgan fingerprint density at radius 1 is 1.30 bits per heavy atom. The summed E-state index contributed by atoms with van der Waals surface area (Å²) in [6, 6.07) is 9.91. The standard InChI is InChI=1S/C17H19BrN2/c18-14-2-3-15-12(9-14)1-4-16(15)20-8-5-13(10-19)17(11-20)6-7-17/h2-3,9,13,16H,1,4-8,11H2. The third kappa shape index (κ3) is 1.93. The zero-order chi connectivity index (χ0) is 13.7. The minimum Gasteiger partial charge on any atom is -0.296 e. The molecule has 0 amide bonds. The van der Waals surface area contributed by atoms with Crippen molar-refractivity contribution in [3.05, 3.63) is 33.8 Å². The molecule has 0 bridgehead atoms. The second-order valence-corrected chi connectivity index (χ2v) is 7.62. The summed E-state index contributed by atoms with van der Waals surface area (Å²) in [6.07, 6.45) is 6.05. The van der Waals surface area contributed by atoms with Gasteiger partial charge in [-0.3, -0.25) is 4.90 Å². The molecule has 1 saturated carbocycles. The van der Waals surface area contributed by atoms with Crippen molar-refractivity contribution in [3.8, 4) is 6.07 Å². The molecule has 3 aliphatic rings. The van der Waals surface area contributed by atoms with Gasteiger partial charge in [0, 0.05) is 23.6 Å². The fourth-order valence-electron chi connectivity index (χ4n) is 4.27. The highest BCUT2D eigenvalue weighted by molar-refractivity contribution is 9.10. The molecule has 1 aromatic rings. The van der Waals surface area contributed by atoms with E-state index in [2.05, 4.69) is 45.1 Å². The van der Waals surface area contributed by atoms with Crippen LogP contribution in [0.15, 0.2) is 22.7 Å². The fourth-order valence-corrected chi connectivity index (χ4v) is 4.68. The first kappa shape index (κ1) is 12.9. The fraction of sp³-hybridized carbons (Fsp3) is 0.588. The molecule has 1 heterocycles. The zero-order valence-electron chi connectivity index (χ0n) is 11.6. The molecule has 0 radical (unpaired) electrons. The smallest absolute Gasteiger partial charge is 0.0662 e. The number of aryl methyl sites for hydroxylation is 1. The Morgan fingerprint density at radius 3 is 2.90 bits per heavy atom. The molecule has 0 aromatic heterocycles. The number of nitriles is 1. The van der Waals surface area contributed by atoms with Gasteiger partial charge in [0.05, 0.1) is 12.0 Å². The van der Waals surface area contributed by atoms with E-state index in [0.717, 1.165) is 19.5 Å². The van der Waals surface area contributed by atoms with Crippen molar-refractivity contribution in [1.82, 2.24) is 4.90 Å². The van der Waals surface area contributed by atoms with Gasteiger partial charge in [-0.1, -0.05) is 22.0 Å². The lowest BCUT2D eigenvalue weighted by molar-refractivity contribution is 0.0868. The van der Waals surface area contributed by atoms with Gasteiger partial charge in [0.25, 0.3) is 0 Å². The van der Waals surface area contributed by atoms with Crippen LogP contribution in [-0.4, -0.2) is 18.0 Å². The van der Waals surface area contributed by atoms with Crippen LogP contribution in [0.25, 0.3) is 0 Å². The number of rotatable bonds is 1. The van der Waals surface area contributed by atoms with E-state index in [1.165, 1.54) is 41.3 Å². The predicted octanol–water partition coefficient (Wildman–Crippen LogP) is 4.06. The maximum Gasteiger partial charge on any atom is 0.0662 e. The van der Waals surface area contributed by atoms with Crippen LogP contribution in [0.4, 0.5) is 0 Å². The van der Waals surface area contributed by atoms with E-state index in [1.54, 1.807) is 0 Å². The SMILES string of the molecule is N#CC1CCN(C2CCc3cc(Br)ccc32)CC12CC2. The van der Waals surface area contributed by atoms with Gasteiger partial charge in [-0.05, 0) is 60.8 Å². The molecule has 1 aliphatic heterocycles. The van der Waals surface area contributed by atoms with Gasteiger partial charge in [-0.2, -0.15) is 5.26 Å². The van der Waals surface area contributed by atoms with E-state index in [0.29, 0.717) is 17.4 Å². The van der Waals surface area contributed by atoms with Crippen molar-refractivity contribution in [2.24, 2.45) is 11.3 Å². The molecule has 3 heteroatoms. The first-order valence-corrected chi connectivity index (χ1v) is 8.43. The monoisotopic (exact) mass is 330 g/mol. The molecule has 4 rings (SSSR count). The van der Waals surface area contributed by atoms with Crippen molar-refractivity contribution in [2.45, 2.75) is 38.1 Å². The third-order valence-corrected chi connectivity index (χ3v) is 6.10. The Labute approximate surface area is 128 Å². The number of benzene rings is 1. The van der Waals surface area contributed by atoms with Crippen molar-refractivity contribution in [3.63, 3.8) is 0 Å². The van der Waals surface area contributed by atoms with Crippen molar-refractivity contribution >= 4 is 15.9 Å². The molecule has 2 atom stereocenters. The van der Waals surface area contributed by atoms with Gasteiger partial charge in [0.15, 0.2) is 0 Å². The van der Waals surface area contributed by atoms with Gasteiger partial charge in [0.1, 0.15) is 0 Å². The molecule has 2 fully saturated rings. The Kier molecular flexibility index (Phi) is 2.94. The summed E-state index contributed by atoms with van der Waals surface area (Å²) in [5, 5.41) is 9.33. The van der Waals surface area contributed by atoms with Crippen molar-refractivity contribution in [1.29, 1.82) is 5.26 Å². The first-order chi connectivity index (χ1) is 9.72. The van der Waals surface area contributed by atoms with E-state index in [1.807, 2.05) is 0 Å². The molecule has 2 nitrogen and oxygen atoms in total. The van der Waals surface area contributed by atoms with Gasteiger partial charge in [-0.15, -0.1) is 0 Å². The molecule has 20 heavy (non-hydrogen) atoms. The Balaban J connectivity index is 1.58. The molecule has 1 saturated heterocycles. The summed E-state index contributed by atoms with van der Waals surface area (Å²) in [5.74, 6) is 0.310. The van der Waals surface area contributed by atoms with Crippen molar-refractivity contribution < 1.29 is 0 Å². The number of fused-ring (bicyclic) bond motifs is 1. The van der Waals surface area contributed by atoms with Crippen LogP contribution >= 0.6 is 15.9 Å². The maximum atomic E-state index is 9.33. The zero-order valence-corrected chi connectivity index (χ0v) is 13.2. The van der Waals surface area contributed by atoms with Gasteiger partial charge in [0.2, 0.25) is 0 Å². The highest BCUT2D eigenvalue weighted by Gasteiger charge is 2.53. The van der Waals surface area contributed by atoms with Crippen LogP contribution in [0.5, 0.6) is 0 Å².